The van der Waals surface area contributed by atoms with E-state index in [1.807, 2.05) is 0 Å². The summed E-state index contributed by atoms with van der Waals surface area (Å²) in [6.07, 6.45) is 3.15. The fraction of sp³-hybridized carbons (Fsp3) is 0.182. The number of hydrogen-bond donors (Lipinski definition) is 3. The van der Waals surface area contributed by atoms with E-state index >= 15 is 0 Å². The first-order valence-corrected chi connectivity index (χ1v) is 5.33. The number of nitrogens with zero attached hydrogens (tertiary/aromatic N) is 2. The van der Waals surface area contributed by atoms with Gasteiger partial charge in [0.25, 0.3) is 5.91 Å². The van der Waals surface area contributed by atoms with E-state index in [0.29, 0.717) is 5.82 Å². The van der Waals surface area contributed by atoms with Crippen molar-refractivity contribution in [2.24, 2.45) is 12.8 Å². The number of carbonyl (C=O) groups is 1. The number of pyridine rings is 1. The molecule has 0 aliphatic carbocycles. The Balaban J connectivity index is 2.23. The average Bonchev–Trinajstić information content (AvgIpc) is 2.69. The highest BCUT2D eigenvalue weighted by molar-refractivity contribution is 6.03. The van der Waals surface area contributed by atoms with Crippen LogP contribution >= 0.6 is 0 Å². The molecular weight excluding hydrogens is 234 g/mol. The van der Waals surface area contributed by atoms with Gasteiger partial charge in [0.05, 0.1) is 0 Å². The van der Waals surface area contributed by atoms with Crippen LogP contribution in [0.5, 0.6) is 0 Å². The summed E-state index contributed by atoms with van der Waals surface area (Å²) in [4.78, 5) is 25.4. The van der Waals surface area contributed by atoms with Crippen molar-refractivity contribution in [3.63, 3.8) is 0 Å². The number of nitrogens with two attached hydrogens (primary N) is 1. The van der Waals surface area contributed by atoms with Gasteiger partial charge in [0.15, 0.2) is 5.82 Å². The Morgan fingerprint density at radius 2 is 2.39 bits per heavy atom. The van der Waals surface area contributed by atoms with Crippen molar-refractivity contribution in [3.05, 3.63) is 46.0 Å². The van der Waals surface area contributed by atoms with Crippen molar-refractivity contribution in [3.8, 4) is 0 Å². The van der Waals surface area contributed by atoms with Gasteiger partial charge in [-0.1, -0.05) is 0 Å². The zero-order chi connectivity index (χ0) is 13.1. The second kappa shape index (κ2) is 4.84. The molecule has 7 heteroatoms. The van der Waals surface area contributed by atoms with Crippen molar-refractivity contribution in [2.45, 2.75) is 6.54 Å². The SMILES string of the molecule is Cn1cc(CN)c(NC(=O)c2cc[nH]c(=O)c2)n1. The Morgan fingerprint density at radius 1 is 1.61 bits per heavy atom. The molecule has 94 valence electrons. The molecule has 0 bridgehead atoms. The van der Waals surface area contributed by atoms with Crippen LogP contribution in [0.2, 0.25) is 0 Å². The fourth-order valence-corrected chi connectivity index (χ4v) is 1.56. The van der Waals surface area contributed by atoms with Gasteiger partial charge >= 0.3 is 0 Å². The summed E-state index contributed by atoms with van der Waals surface area (Å²) in [6.45, 7) is 0.277. The number of hydrogen-bond acceptors (Lipinski definition) is 4. The van der Waals surface area contributed by atoms with Crippen molar-refractivity contribution in [2.75, 3.05) is 5.32 Å². The molecule has 0 saturated carbocycles. The Morgan fingerprint density at radius 3 is 3.06 bits per heavy atom. The predicted octanol–water partition coefficient (Wildman–Crippen LogP) is -0.181. The molecule has 0 aliphatic rings. The maximum atomic E-state index is 11.9. The minimum absolute atomic E-state index is 0.271. The molecule has 0 spiro atoms. The van der Waals surface area contributed by atoms with Gasteiger partial charge in [0.2, 0.25) is 5.56 Å². The normalized spacial score (nSPS) is 10.3. The molecule has 4 N–H and O–H groups in total. The van der Waals surface area contributed by atoms with Crippen LogP contribution in [0.25, 0.3) is 0 Å². The lowest BCUT2D eigenvalue weighted by Gasteiger charge is -2.03. The van der Waals surface area contributed by atoms with Gasteiger partial charge in [-0.25, -0.2) is 0 Å². The standard InChI is InChI=1S/C11H13N5O2/c1-16-6-8(5-12)10(15-16)14-11(18)7-2-3-13-9(17)4-7/h2-4,6H,5,12H2,1H3,(H,13,17)(H,14,15,18). The van der Waals surface area contributed by atoms with E-state index in [-0.39, 0.29) is 17.7 Å². The van der Waals surface area contributed by atoms with Gasteiger partial charge < -0.3 is 16.0 Å². The van der Waals surface area contributed by atoms with Crippen molar-refractivity contribution >= 4 is 11.7 Å². The largest absolute Gasteiger partial charge is 0.329 e. The number of anilines is 1. The van der Waals surface area contributed by atoms with E-state index in [1.165, 1.54) is 18.3 Å². The lowest BCUT2D eigenvalue weighted by atomic mass is 10.2. The van der Waals surface area contributed by atoms with Crippen LogP contribution in [0.4, 0.5) is 5.82 Å². The highest BCUT2D eigenvalue weighted by Gasteiger charge is 2.11. The molecule has 18 heavy (non-hydrogen) atoms. The van der Waals surface area contributed by atoms with Crippen LogP contribution in [0.3, 0.4) is 0 Å². The number of nitrogens with one attached hydrogen (secondary N) is 2. The summed E-state index contributed by atoms with van der Waals surface area (Å²) in [5, 5.41) is 6.71. The summed E-state index contributed by atoms with van der Waals surface area (Å²) in [6, 6.07) is 2.74. The van der Waals surface area contributed by atoms with E-state index < -0.39 is 5.91 Å². The number of aryl methyl sites for hydroxylation is 1. The van der Waals surface area contributed by atoms with Crippen molar-refractivity contribution in [1.82, 2.24) is 14.8 Å². The van der Waals surface area contributed by atoms with Crippen molar-refractivity contribution < 1.29 is 4.79 Å². The molecule has 1 amide bonds. The van der Waals surface area contributed by atoms with Crippen LogP contribution in [0, 0.1) is 0 Å². The third kappa shape index (κ3) is 2.46. The quantitative estimate of drug-likeness (QED) is 0.699. The number of carbonyl (C=O) groups excluding carboxylic acids is 1. The molecule has 2 aromatic rings. The van der Waals surface area contributed by atoms with E-state index in [9.17, 15) is 9.59 Å². The summed E-state index contributed by atoms with van der Waals surface area (Å²) in [7, 11) is 1.74. The van der Waals surface area contributed by atoms with Crippen LogP contribution in [-0.2, 0) is 13.6 Å². The third-order valence-electron chi connectivity index (χ3n) is 2.39. The molecular formula is C11H13N5O2. The van der Waals surface area contributed by atoms with Gasteiger partial charge in [-0.2, -0.15) is 5.10 Å². The number of amides is 1. The Labute approximate surface area is 103 Å². The summed E-state index contributed by atoms with van der Waals surface area (Å²) in [5.41, 5.74) is 6.21. The second-order valence-electron chi connectivity index (χ2n) is 3.78. The molecule has 0 unspecified atom stereocenters. The zero-order valence-electron chi connectivity index (χ0n) is 9.80. The average molecular weight is 247 g/mol. The van der Waals surface area contributed by atoms with Crippen molar-refractivity contribution in [1.29, 1.82) is 0 Å². The topological polar surface area (TPSA) is 106 Å². The minimum atomic E-state index is -0.394. The molecule has 2 aromatic heterocycles. The van der Waals surface area contributed by atoms with Gasteiger partial charge in [-0.05, 0) is 6.07 Å². The maximum Gasteiger partial charge on any atom is 0.257 e. The Hall–Kier alpha value is -2.41. The lowest BCUT2D eigenvalue weighted by Crippen LogP contribution is -2.17. The van der Waals surface area contributed by atoms with Gasteiger partial charge in [-0.15, -0.1) is 0 Å². The number of aromatic amines is 1. The van der Waals surface area contributed by atoms with Crippen LogP contribution < -0.4 is 16.6 Å². The fourth-order valence-electron chi connectivity index (χ4n) is 1.56. The molecule has 0 radical (unpaired) electrons. The second-order valence-corrected chi connectivity index (χ2v) is 3.78. The first-order valence-electron chi connectivity index (χ1n) is 5.33. The van der Waals surface area contributed by atoms with Crippen LogP contribution in [-0.4, -0.2) is 20.7 Å². The molecule has 0 saturated heterocycles. The first kappa shape index (κ1) is 12.1. The summed E-state index contributed by atoms with van der Waals surface area (Å²) < 4.78 is 1.57. The predicted molar refractivity (Wildman–Crippen MR) is 66.1 cm³/mol. The Kier molecular flexibility index (Phi) is 3.24. The number of aromatic nitrogens is 3. The van der Waals surface area contributed by atoms with Gasteiger partial charge in [0, 0.05) is 43.2 Å². The molecule has 0 fully saturated rings. The molecule has 2 rings (SSSR count). The van der Waals surface area contributed by atoms with E-state index in [0.717, 1.165) is 5.56 Å². The Bertz CT molecular complexity index is 628. The van der Waals surface area contributed by atoms with Gasteiger partial charge in [-0.3, -0.25) is 14.3 Å². The van der Waals surface area contributed by atoms with Crippen LogP contribution in [0.15, 0.2) is 29.3 Å². The molecule has 0 aliphatic heterocycles. The third-order valence-corrected chi connectivity index (χ3v) is 2.39. The van der Waals surface area contributed by atoms with E-state index in [2.05, 4.69) is 15.4 Å². The highest BCUT2D eigenvalue weighted by Crippen LogP contribution is 2.12. The van der Waals surface area contributed by atoms with Gasteiger partial charge in [0.1, 0.15) is 0 Å². The first-order chi connectivity index (χ1) is 8.60. The minimum Gasteiger partial charge on any atom is -0.329 e. The maximum absolute atomic E-state index is 11.9. The summed E-state index contributed by atoms with van der Waals surface area (Å²) in [5.74, 6) is 0.0137. The lowest BCUT2D eigenvalue weighted by molar-refractivity contribution is 0.102. The number of rotatable bonds is 3. The summed E-state index contributed by atoms with van der Waals surface area (Å²) >= 11 is 0. The number of H-pyrrole nitrogens is 1. The monoisotopic (exact) mass is 247 g/mol. The molecule has 0 aromatic carbocycles. The van der Waals surface area contributed by atoms with E-state index in [1.54, 1.807) is 17.9 Å². The zero-order valence-corrected chi connectivity index (χ0v) is 9.80. The highest BCUT2D eigenvalue weighted by atomic mass is 16.2. The molecule has 7 nitrogen and oxygen atoms in total. The smallest absolute Gasteiger partial charge is 0.257 e. The van der Waals surface area contributed by atoms with Crippen LogP contribution in [0.1, 0.15) is 15.9 Å². The van der Waals surface area contributed by atoms with E-state index in [4.69, 9.17) is 5.73 Å². The molecule has 0 atom stereocenters. The molecule has 2 heterocycles.